The molecule has 0 N–H and O–H groups in total. The molecule has 33 heavy (non-hydrogen) atoms. The Morgan fingerprint density at radius 2 is 1.36 bits per heavy atom. The van der Waals surface area contributed by atoms with Gasteiger partial charge >= 0.3 is 17.9 Å². The zero-order chi connectivity index (χ0) is 23.6. The molecule has 2 aliphatic carbocycles. The fraction of sp³-hybridized carbons (Fsp3) is 0.538. The summed E-state index contributed by atoms with van der Waals surface area (Å²) in [4.78, 5) is 47.0. The third kappa shape index (κ3) is 7.01. The van der Waals surface area contributed by atoms with Crippen LogP contribution in [-0.2, 0) is 23.9 Å². The number of para-hydroxylation sites is 1. The molecule has 178 valence electrons. The van der Waals surface area contributed by atoms with Crippen LogP contribution >= 0.6 is 0 Å². The summed E-state index contributed by atoms with van der Waals surface area (Å²) < 4.78 is 15.6. The number of esters is 3. The van der Waals surface area contributed by atoms with Gasteiger partial charge in [-0.15, -0.1) is 0 Å². The quantitative estimate of drug-likeness (QED) is 0.180. The van der Waals surface area contributed by atoms with Gasteiger partial charge in [0, 0.05) is 6.08 Å². The molecule has 2 aliphatic rings. The first-order chi connectivity index (χ1) is 16.0. The molecular formula is C26H32O7. The Kier molecular flexibility index (Phi) is 9.22. The van der Waals surface area contributed by atoms with Gasteiger partial charge in [-0.1, -0.05) is 18.7 Å². The van der Waals surface area contributed by atoms with E-state index in [2.05, 4.69) is 6.58 Å². The Morgan fingerprint density at radius 1 is 0.818 bits per heavy atom. The molecule has 0 saturated heterocycles. The summed E-state index contributed by atoms with van der Waals surface area (Å²) in [6.07, 6.45) is 8.88. The van der Waals surface area contributed by atoms with Crippen molar-refractivity contribution in [3.05, 3.63) is 42.5 Å². The van der Waals surface area contributed by atoms with Gasteiger partial charge in [0.05, 0.1) is 17.4 Å². The molecule has 2 fully saturated rings. The first-order valence-corrected chi connectivity index (χ1v) is 11.7. The SMILES string of the molecule is C=CC(=O)OCCOC(=O)C1CCC(C2CCC(C(=O)Oc3ccccc3C=O)CC2)CC1. The molecule has 0 bridgehead atoms. The van der Waals surface area contributed by atoms with Gasteiger partial charge in [0.25, 0.3) is 0 Å². The van der Waals surface area contributed by atoms with E-state index in [-0.39, 0.29) is 37.0 Å². The van der Waals surface area contributed by atoms with Gasteiger partial charge in [0.15, 0.2) is 6.29 Å². The molecule has 0 heterocycles. The zero-order valence-corrected chi connectivity index (χ0v) is 18.9. The van der Waals surface area contributed by atoms with E-state index in [1.165, 1.54) is 0 Å². The second-order valence-electron chi connectivity index (χ2n) is 8.84. The lowest BCUT2D eigenvalue weighted by molar-refractivity contribution is -0.154. The summed E-state index contributed by atoms with van der Waals surface area (Å²) in [5.41, 5.74) is 0.382. The Morgan fingerprint density at radius 3 is 1.94 bits per heavy atom. The number of carbonyl (C=O) groups is 4. The Hall–Kier alpha value is -2.96. The number of benzene rings is 1. The second kappa shape index (κ2) is 12.3. The van der Waals surface area contributed by atoms with E-state index in [9.17, 15) is 19.2 Å². The van der Waals surface area contributed by atoms with E-state index in [0.717, 1.165) is 57.4 Å². The normalized spacial score (nSPS) is 24.8. The van der Waals surface area contributed by atoms with E-state index in [4.69, 9.17) is 14.2 Å². The molecule has 0 amide bonds. The van der Waals surface area contributed by atoms with Crippen molar-refractivity contribution in [1.29, 1.82) is 0 Å². The molecule has 7 heteroatoms. The van der Waals surface area contributed by atoms with Crippen LogP contribution in [0.3, 0.4) is 0 Å². The molecular weight excluding hydrogens is 424 g/mol. The van der Waals surface area contributed by atoms with E-state index in [1.807, 2.05) is 0 Å². The van der Waals surface area contributed by atoms with Gasteiger partial charge in [-0.25, -0.2) is 4.79 Å². The molecule has 0 spiro atoms. The first-order valence-electron chi connectivity index (χ1n) is 11.7. The maximum absolute atomic E-state index is 12.6. The van der Waals surface area contributed by atoms with Crippen molar-refractivity contribution in [2.24, 2.45) is 23.7 Å². The van der Waals surface area contributed by atoms with Crippen LogP contribution in [0.25, 0.3) is 0 Å². The standard InChI is InChI=1S/C26H32O7/c1-2-24(28)31-15-16-32-25(29)20-11-7-18(8-12-20)19-9-13-21(14-10-19)26(30)33-23-6-4-3-5-22(23)17-27/h2-6,17-21H,1,7-16H2. The van der Waals surface area contributed by atoms with Crippen molar-refractivity contribution < 1.29 is 33.4 Å². The average Bonchev–Trinajstić information content (AvgIpc) is 2.86. The minimum absolute atomic E-state index is 0.0400. The lowest BCUT2D eigenvalue weighted by atomic mass is 9.69. The van der Waals surface area contributed by atoms with Crippen LogP contribution in [0, 0.1) is 23.7 Å². The molecule has 7 nitrogen and oxygen atoms in total. The lowest BCUT2D eigenvalue weighted by Crippen LogP contribution is -2.31. The number of aldehydes is 1. The molecule has 1 aromatic carbocycles. The largest absolute Gasteiger partial charge is 0.462 e. The molecule has 0 aromatic heterocycles. The summed E-state index contributed by atoms with van der Waals surface area (Å²) in [5, 5.41) is 0. The van der Waals surface area contributed by atoms with E-state index in [0.29, 0.717) is 29.4 Å². The predicted octanol–water partition coefficient (Wildman–Crippen LogP) is 4.29. The third-order valence-electron chi connectivity index (χ3n) is 6.87. The van der Waals surface area contributed by atoms with Crippen molar-refractivity contribution in [1.82, 2.24) is 0 Å². The zero-order valence-electron chi connectivity index (χ0n) is 18.9. The van der Waals surface area contributed by atoms with Gasteiger partial charge in [0.2, 0.25) is 0 Å². The van der Waals surface area contributed by atoms with Gasteiger partial charge in [-0.2, -0.15) is 0 Å². The third-order valence-corrected chi connectivity index (χ3v) is 6.87. The van der Waals surface area contributed by atoms with Gasteiger partial charge in [0.1, 0.15) is 19.0 Å². The fourth-order valence-electron chi connectivity index (χ4n) is 4.98. The van der Waals surface area contributed by atoms with Crippen LogP contribution in [0.1, 0.15) is 61.7 Å². The number of carbonyl (C=O) groups excluding carboxylic acids is 4. The minimum atomic E-state index is -0.527. The predicted molar refractivity (Wildman–Crippen MR) is 120 cm³/mol. The maximum Gasteiger partial charge on any atom is 0.330 e. The van der Waals surface area contributed by atoms with Crippen molar-refractivity contribution in [2.75, 3.05) is 13.2 Å². The molecule has 1 aromatic rings. The van der Waals surface area contributed by atoms with Crippen molar-refractivity contribution in [2.45, 2.75) is 51.4 Å². The summed E-state index contributed by atoms with van der Waals surface area (Å²) in [6.45, 7) is 3.42. The molecule has 0 unspecified atom stereocenters. The lowest BCUT2D eigenvalue weighted by Gasteiger charge is -2.36. The Balaban J connectivity index is 1.36. The number of hydrogen-bond acceptors (Lipinski definition) is 7. The molecule has 3 rings (SSSR count). The van der Waals surface area contributed by atoms with E-state index in [1.54, 1.807) is 24.3 Å². The van der Waals surface area contributed by atoms with Crippen molar-refractivity contribution in [3.8, 4) is 5.75 Å². The smallest absolute Gasteiger partial charge is 0.330 e. The number of hydrogen-bond donors (Lipinski definition) is 0. The van der Waals surface area contributed by atoms with Crippen molar-refractivity contribution in [3.63, 3.8) is 0 Å². The van der Waals surface area contributed by atoms with Crippen LogP contribution in [0.5, 0.6) is 5.75 Å². The fourth-order valence-corrected chi connectivity index (χ4v) is 4.98. The van der Waals surface area contributed by atoms with Crippen molar-refractivity contribution >= 4 is 24.2 Å². The second-order valence-corrected chi connectivity index (χ2v) is 8.84. The summed E-state index contributed by atoms with van der Waals surface area (Å²) >= 11 is 0. The molecule has 0 atom stereocenters. The maximum atomic E-state index is 12.6. The minimum Gasteiger partial charge on any atom is -0.462 e. The van der Waals surface area contributed by atoms with E-state index < -0.39 is 5.97 Å². The van der Waals surface area contributed by atoms with Crippen LogP contribution in [-0.4, -0.2) is 37.4 Å². The Labute approximate surface area is 194 Å². The van der Waals surface area contributed by atoms with Gasteiger partial charge in [-0.05, 0) is 75.3 Å². The van der Waals surface area contributed by atoms with E-state index >= 15 is 0 Å². The molecule has 0 radical (unpaired) electrons. The highest BCUT2D eigenvalue weighted by atomic mass is 16.6. The summed E-state index contributed by atoms with van der Waals surface area (Å²) in [5.74, 6) is 0.215. The average molecular weight is 457 g/mol. The molecule has 0 aliphatic heterocycles. The first kappa shape index (κ1) is 24.7. The van der Waals surface area contributed by atoms with Gasteiger partial charge < -0.3 is 14.2 Å². The van der Waals surface area contributed by atoms with Gasteiger partial charge in [-0.3, -0.25) is 14.4 Å². The van der Waals surface area contributed by atoms with Crippen LogP contribution in [0.15, 0.2) is 36.9 Å². The highest BCUT2D eigenvalue weighted by Crippen LogP contribution is 2.42. The summed E-state index contributed by atoms with van der Waals surface area (Å²) in [6, 6.07) is 6.76. The summed E-state index contributed by atoms with van der Waals surface area (Å²) in [7, 11) is 0. The number of ether oxygens (including phenoxy) is 3. The number of rotatable bonds is 9. The highest BCUT2D eigenvalue weighted by molar-refractivity contribution is 5.83. The van der Waals surface area contributed by atoms with Crippen LogP contribution in [0.4, 0.5) is 0 Å². The topological polar surface area (TPSA) is 96.0 Å². The van der Waals surface area contributed by atoms with Crippen LogP contribution in [0.2, 0.25) is 0 Å². The highest BCUT2D eigenvalue weighted by Gasteiger charge is 2.35. The van der Waals surface area contributed by atoms with Crippen LogP contribution < -0.4 is 4.74 Å². The Bertz CT molecular complexity index is 846. The molecule has 2 saturated carbocycles. The monoisotopic (exact) mass is 456 g/mol.